The number of aliphatic hydroxyl groups is 3. The van der Waals surface area contributed by atoms with Gasteiger partial charge in [0.25, 0.3) is 11.8 Å². The van der Waals surface area contributed by atoms with E-state index in [1.807, 2.05) is 11.8 Å². The van der Waals surface area contributed by atoms with Crippen molar-refractivity contribution >= 4 is 35.6 Å². The standard InChI is InChI=1S/C30H39N3O11S/c34-22-10-11-23(35)33(22)12-3-13-42-29-28(39)27(38)26(37)20(44-29)15-41-14-17-6-8-18(9-7-17)43-24(36)5-2-1-4-21-25-19(16-45-21)31-30(40)32-25/h6-11,19-21,25-29,37-39H,1-5,12-16H2,(H2,31,32,40)/t19-,20+,21-,25-,26+,27-,28+,29+/m0/s1. The van der Waals surface area contributed by atoms with Crippen LogP contribution < -0.4 is 15.4 Å². The van der Waals surface area contributed by atoms with Crippen LogP contribution in [0.5, 0.6) is 5.75 Å². The van der Waals surface area contributed by atoms with E-state index in [-0.39, 0.29) is 56.9 Å². The topological polar surface area (TPSA) is 193 Å². The monoisotopic (exact) mass is 649 g/mol. The van der Waals surface area contributed by atoms with Gasteiger partial charge in [0.15, 0.2) is 6.29 Å². The molecule has 14 nitrogen and oxygen atoms in total. The molecule has 45 heavy (non-hydrogen) atoms. The zero-order valence-corrected chi connectivity index (χ0v) is 25.4. The number of nitrogens with zero attached hydrogens (tertiary/aromatic N) is 1. The van der Waals surface area contributed by atoms with Gasteiger partial charge in [0.05, 0.1) is 31.9 Å². The molecule has 4 amide bonds. The number of hydrogen-bond acceptors (Lipinski definition) is 12. The van der Waals surface area contributed by atoms with Crippen LogP contribution in [0.4, 0.5) is 4.79 Å². The highest BCUT2D eigenvalue weighted by Gasteiger charge is 2.44. The third-order valence-corrected chi connectivity index (χ3v) is 9.65. The normalized spacial score (nSPS) is 30.8. The van der Waals surface area contributed by atoms with Crippen molar-refractivity contribution in [3.05, 3.63) is 42.0 Å². The summed E-state index contributed by atoms with van der Waals surface area (Å²) in [7, 11) is 0. The highest BCUT2D eigenvalue weighted by atomic mass is 32.2. The van der Waals surface area contributed by atoms with E-state index < -0.39 is 42.5 Å². The minimum atomic E-state index is -1.53. The second-order valence-electron chi connectivity index (χ2n) is 11.4. The Morgan fingerprint density at radius 3 is 2.49 bits per heavy atom. The Balaban J connectivity index is 0.969. The molecular formula is C30H39N3O11S. The second kappa shape index (κ2) is 15.5. The Labute approximate surface area is 264 Å². The van der Waals surface area contributed by atoms with Crippen LogP contribution in [0.1, 0.15) is 37.7 Å². The summed E-state index contributed by atoms with van der Waals surface area (Å²) in [5.74, 6) is 0.197. The number of amides is 4. The molecule has 0 aliphatic carbocycles. The van der Waals surface area contributed by atoms with Crippen LogP contribution >= 0.6 is 11.8 Å². The molecule has 0 radical (unpaired) electrons. The van der Waals surface area contributed by atoms with Crippen LogP contribution in [-0.4, -0.2) is 118 Å². The number of benzene rings is 1. The molecule has 4 heterocycles. The lowest BCUT2D eigenvalue weighted by Gasteiger charge is -2.40. The first-order valence-corrected chi connectivity index (χ1v) is 16.2. The van der Waals surface area contributed by atoms with Crippen molar-refractivity contribution in [1.29, 1.82) is 0 Å². The Morgan fingerprint density at radius 1 is 0.978 bits per heavy atom. The number of carbonyl (C=O) groups is 4. The summed E-state index contributed by atoms with van der Waals surface area (Å²) in [4.78, 5) is 48.1. The fraction of sp³-hybridized carbons (Fsp3) is 0.600. The van der Waals surface area contributed by atoms with Gasteiger partial charge in [-0.1, -0.05) is 18.6 Å². The fourth-order valence-corrected chi connectivity index (χ4v) is 7.20. The summed E-state index contributed by atoms with van der Waals surface area (Å²) in [5, 5.41) is 37.2. The van der Waals surface area contributed by atoms with Crippen LogP contribution in [0.3, 0.4) is 0 Å². The predicted molar refractivity (Wildman–Crippen MR) is 159 cm³/mol. The van der Waals surface area contributed by atoms with Gasteiger partial charge in [0, 0.05) is 36.1 Å². The second-order valence-corrected chi connectivity index (χ2v) is 12.7. The SMILES string of the molecule is O=C1N[C@H]2[C@H](CS[C@H]2CCCCC(=O)Oc2ccc(COC[C@H]3O[C@@H](OCCCN4C(=O)C=CC4=O)[C@H](O)[C@@H](O)[C@@H]3O)cc2)N1. The molecule has 0 saturated carbocycles. The summed E-state index contributed by atoms with van der Waals surface area (Å²) in [6, 6.07) is 7.06. The summed E-state index contributed by atoms with van der Waals surface area (Å²) in [6.45, 7) is 0.206. The smallest absolute Gasteiger partial charge is 0.315 e. The Kier molecular flexibility index (Phi) is 11.5. The molecule has 8 atom stereocenters. The number of ether oxygens (including phenoxy) is 4. The van der Waals surface area contributed by atoms with Gasteiger partial charge in [0.2, 0.25) is 0 Å². The number of esters is 1. The highest BCUT2D eigenvalue weighted by Crippen LogP contribution is 2.33. The highest BCUT2D eigenvalue weighted by molar-refractivity contribution is 8.00. The number of unbranched alkanes of at least 4 members (excludes halogenated alkanes) is 1. The van der Waals surface area contributed by atoms with Gasteiger partial charge in [-0.05, 0) is 37.0 Å². The summed E-state index contributed by atoms with van der Waals surface area (Å²) in [6.07, 6.45) is -1.22. The number of nitrogens with one attached hydrogen (secondary N) is 2. The van der Waals surface area contributed by atoms with Gasteiger partial charge < -0.3 is 44.9 Å². The van der Waals surface area contributed by atoms with Crippen LogP contribution in [-0.2, 0) is 35.2 Å². The molecule has 5 rings (SSSR count). The number of rotatable bonds is 15. The quantitative estimate of drug-likeness (QED) is 0.0561. The van der Waals surface area contributed by atoms with Crippen LogP contribution in [0.15, 0.2) is 36.4 Å². The first-order valence-electron chi connectivity index (χ1n) is 15.1. The van der Waals surface area contributed by atoms with E-state index >= 15 is 0 Å². The van der Waals surface area contributed by atoms with Gasteiger partial charge >= 0.3 is 12.0 Å². The van der Waals surface area contributed by atoms with E-state index in [4.69, 9.17) is 18.9 Å². The third kappa shape index (κ3) is 8.61. The van der Waals surface area contributed by atoms with Crippen molar-refractivity contribution in [2.45, 2.75) is 86.8 Å². The zero-order chi connectivity index (χ0) is 31.9. The lowest BCUT2D eigenvalue weighted by atomic mass is 9.99. The molecule has 0 aromatic heterocycles. The minimum absolute atomic E-state index is 0.0331. The van der Waals surface area contributed by atoms with Crippen LogP contribution in [0.25, 0.3) is 0 Å². The maximum Gasteiger partial charge on any atom is 0.315 e. The maximum absolute atomic E-state index is 12.3. The van der Waals surface area contributed by atoms with E-state index in [9.17, 15) is 34.5 Å². The molecule has 3 saturated heterocycles. The number of hydrogen-bond donors (Lipinski definition) is 5. The molecule has 5 N–H and O–H groups in total. The number of fused-ring (bicyclic) bond motifs is 1. The van der Waals surface area contributed by atoms with Gasteiger partial charge in [0.1, 0.15) is 30.2 Å². The maximum atomic E-state index is 12.3. The largest absolute Gasteiger partial charge is 0.427 e. The number of imide groups is 1. The average molecular weight is 650 g/mol. The van der Waals surface area contributed by atoms with Crippen LogP contribution in [0.2, 0.25) is 0 Å². The Bertz CT molecular complexity index is 1230. The molecule has 0 unspecified atom stereocenters. The molecule has 15 heteroatoms. The Hall–Kier alpha value is -3.05. The average Bonchev–Trinajstić information content (AvgIpc) is 3.68. The Morgan fingerprint density at radius 2 is 1.73 bits per heavy atom. The lowest BCUT2D eigenvalue weighted by molar-refractivity contribution is -0.303. The van der Waals surface area contributed by atoms with Crippen LogP contribution in [0, 0.1) is 0 Å². The number of urea groups is 1. The summed E-state index contributed by atoms with van der Waals surface area (Å²) in [5.41, 5.74) is 0.773. The summed E-state index contributed by atoms with van der Waals surface area (Å²) >= 11 is 1.85. The number of aliphatic hydroxyl groups excluding tert-OH is 3. The van der Waals surface area contributed by atoms with Gasteiger partial charge in [-0.3, -0.25) is 19.3 Å². The molecule has 246 valence electrons. The van der Waals surface area contributed by atoms with Crippen molar-refractivity contribution in [2.75, 3.05) is 25.5 Å². The minimum Gasteiger partial charge on any atom is -0.427 e. The molecule has 1 aromatic carbocycles. The molecule has 4 aliphatic rings. The molecule has 0 bridgehead atoms. The number of thioether (sulfide) groups is 1. The van der Waals surface area contributed by atoms with Gasteiger partial charge in [-0.25, -0.2) is 4.79 Å². The molecule has 1 aromatic rings. The van der Waals surface area contributed by atoms with Crippen molar-refractivity contribution in [2.24, 2.45) is 0 Å². The van der Waals surface area contributed by atoms with Gasteiger partial charge in [-0.15, -0.1) is 0 Å². The first-order chi connectivity index (χ1) is 21.7. The molecule has 3 fully saturated rings. The van der Waals surface area contributed by atoms with Crippen molar-refractivity contribution in [3.8, 4) is 5.75 Å². The first kappa shape index (κ1) is 33.3. The van der Waals surface area contributed by atoms with E-state index in [0.717, 1.165) is 29.1 Å². The van der Waals surface area contributed by atoms with Crippen molar-refractivity contribution < 1.29 is 53.4 Å². The zero-order valence-electron chi connectivity index (χ0n) is 24.6. The van der Waals surface area contributed by atoms with Gasteiger partial charge in [-0.2, -0.15) is 11.8 Å². The van der Waals surface area contributed by atoms with E-state index in [1.165, 1.54) is 12.2 Å². The van der Waals surface area contributed by atoms with E-state index in [0.29, 0.717) is 23.8 Å². The van der Waals surface area contributed by atoms with E-state index in [2.05, 4.69) is 10.6 Å². The summed E-state index contributed by atoms with van der Waals surface area (Å²) < 4.78 is 22.3. The molecule has 4 aliphatic heterocycles. The number of carbonyl (C=O) groups excluding carboxylic acids is 4. The van der Waals surface area contributed by atoms with Crippen molar-refractivity contribution in [3.63, 3.8) is 0 Å². The molecule has 0 spiro atoms. The predicted octanol–water partition coefficient (Wildman–Crippen LogP) is -0.0263. The fourth-order valence-electron chi connectivity index (χ4n) is 5.65. The molecular weight excluding hydrogens is 610 g/mol. The van der Waals surface area contributed by atoms with Crippen molar-refractivity contribution in [1.82, 2.24) is 15.5 Å². The van der Waals surface area contributed by atoms with E-state index in [1.54, 1.807) is 24.3 Å². The lowest BCUT2D eigenvalue weighted by Crippen LogP contribution is -2.59. The third-order valence-electron chi connectivity index (χ3n) is 8.14.